The third-order valence-corrected chi connectivity index (χ3v) is 6.71. The summed E-state index contributed by atoms with van der Waals surface area (Å²) < 4.78 is 10.7. The lowest BCUT2D eigenvalue weighted by Crippen LogP contribution is -2.41. The number of aliphatic hydroxyl groups is 1. The summed E-state index contributed by atoms with van der Waals surface area (Å²) in [5.74, 6) is -0.732. The predicted molar refractivity (Wildman–Crippen MR) is 134 cm³/mol. The van der Waals surface area contributed by atoms with Crippen LogP contribution in [0.2, 0.25) is 0 Å². The lowest BCUT2D eigenvalue weighted by atomic mass is 9.99. The minimum Gasteiger partial charge on any atom is -0.392 e. The van der Waals surface area contributed by atoms with E-state index in [-0.39, 0.29) is 18.8 Å². The Bertz CT molecular complexity index is 961. The maximum atomic E-state index is 12.1. The van der Waals surface area contributed by atoms with E-state index in [1.807, 2.05) is 30.3 Å². The molecule has 0 spiro atoms. The van der Waals surface area contributed by atoms with E-state index in [9.17, 15) is 9.90 Å². The number of amides is 1. The number of hydrogen-bond acceptors (Lipinski definition) is 5. The number of anilines is 1. The lowest BCUT2D eigenvalue weighted by molar-refractivity contribution is -0.253. The van der Waals surface area contributed by atoms with Crippen LogP contribution >= 0.6 is 34.8 Å². The van der Waals surface area contributed by atoms with Crippen molar-refractivity contribution in [1.29, 1.82) is 0 Å². The standard InChI is InChI=1S/C25H29Cl3N2O4/c26-25(27,28)24(32)29-20-6-4-5-19(13-20)23-33-21(15-30-11-2-1-3-12-30)14-22(34-23)18-9-7-17(16-31)8-10-18/h4-10,13,21-23,31H,1-3,11-12,14-16H2,(H,29,32)/t21-,22+,23+/m1/s1. The second-order valence-corrected chi connectivity index (χ2v) is 11.1. The summed E-state index contributed by atoms with van der Waals surface area (Å²) in [5, 5.41) is 12.0. The smallest absolute Gasteiger partial charge is 0.276 e. The van der Waals surface area contributed by atoms with Gasteiger partial charge in [-0.15, -0.1) is 0 Å². The molecule has 184 valence electrons. The van der Waals surface area contributed by atoms with E-state index in [2.05, 4.69) is 10.2 Å². The maximum Gasteiger partial charge on any atom is 0.276 e. The quantitative estimate of drug-likeness (QED) is 0.484. The van der Waals surface area contributed by atoms with Gasteiger partial charge in [0.25, 0.3) is 9.70 Å². The number of likely N-dealkylation sites (tertiary alicyclic amines) is 1. The van der Waals surface area contributed by atoms with Crippen LogP contribution in [0.25, 0.3) is 0 Å². The molecule has 2 aliphatic heterocycles. The van der Waals surface area contributed by atoms with Gasteiger partial charge < -0.3 is 24.8 Å². The first kappa shape index (κ1) is 25.7. The zero-order chi connectivity index (χ0) is 24.1. The summed E-state index contributed by atoms with van der Waals surface area (Å²) >= 11 is 17.1. The molecule has 2 heterocycles. The molecule has 2 aliphatic rings. The number of alkyl halides is 3. The van der Waals surface area contributed by atoms with Gasteiger partial charge in [0.1, 0.15) is 0 Å². The monoisotopic (exact) mass is 526 g/mol. The van der Waals surface area contributed by atoms with Crippen molar-refractivity contribution in [2.75, 3.05) is 25.0 Å². The van der Waals surface area contributed by atoms with Crippen molar-refractivity contribution >= 4 is 46.4 Å². The van der Waals surface area contributed by atoms with Crippen molar-refractivity contribution in [3.8, 4) is 0 Å². The summed E-state index contributed by atoms with van der Waals surface area (Å²) in [6.07, 6.45) is 3.64. The van der Waals surface area contributed by atoms with E-state index in [4.69, 9.17) is 44.3 Å². The third kappa shape index (κ3) is 6.85. The highest BCUT2D eigenvalue weighted by molar-refractivity contribution is 6.76. The number of nitrogens with one attached hydrogen (secondary N) is 1. The summed E-state index contributed by atoms with van der Waals surface area (Å²) in [6, 6.07) is 15.0. The molecular weight excluding hydrogens is 499 g/mol. The molecule has 0 unspecified atom stereocenters. The van der Waals surface area contributed by atoms with E-state index in [0.29, 0.717) is 5.69 Å². The normalized spacial score (nSPS) is 24.1. The predicted octanol–water partition coefficient (Wildman–Crippen LogP) is 5.52. The highest BCUT2D eigenvalue weighted by Crippen LogP contribution is 2.39. The molecule has 3 atom stereocenters. The van der Waals surface area contributed by atoms with E-state index >= 15 is 0 Å². The van der Waals surface area contributed by atoms with Crippen molar-refractivity contribution in [3.05, 3.63) is 65.2 Å². The molecule has 0 bridgehead atoms. The van der Waals surface area contributed by atoms with Crippen LogP contribution in [0.15, 0.2) is 48.5 Å². The average molecular weight is 528 g/mol. The summed E-state index contributed by atoms with van der Waals surface area (Å²) in [6.45, 7) is 3.01. The van der Waals surface area contributed by atoms with Crippen LogP contribution in [0.5, 0.6) is 0 Å². The molecule has 2 aromatic rings. The Balaban J connectivity index is 1.54. The molecule has 2 fully saturated rings. The second-order valence-electron chi connectivity index (χ2n) is 8.79. The zero-order valence-corrected chi connectivity index (χ0v) is 21.0. The van der Waals surface area contributed by atoms with E-state index in [1.54, 1.807) is 18.2 Å². The molecule has 4 rings (SSSR count). The molecule has 9 heteroatoms. The number of halogens is 3. The summed E-state index contributed by atoms with van der Waals surface area (Å²) in [4.78, 5) is 14.6. The first-order valence-electron chi connectivity index (χ1n) is 11.5. The number of nitrogens with zero attached hydrogens (tertiary/aromatic N) is 1. The molecule has 0 radical (unpaired) electrons. The van der Waals surface area contributed by atoms with Gasteiger partial charge in [0.2, 0.25) is 0 Å². The largest absolute Gasteiger partial charge is 0.392 e. The van der Waals surface area contributed by atoms with E-state index in [1.165, 1.54) is 19.3 Å². The van der Waals surface area contributed by atoms with Gasteiger partial charge in [-0.3, -0.25) is 4.79 Å². The molecule has 34 heavy (non-hydrogen) atoms. The zero-order valence-electron chi connectivity index (χ0n) is 18.8. The van der Waals surface area contributed by atoms with Crippen LogP contribution in [0, 0.1) is 0 Å². The van der Waals surface area contributed by atoms with Crippen molar-refractivity contribution in [1.82, 2.24) is 4.90 Å². The number of aliphatic hydroxyl groups excluding tert-OH is 1. The summed E-state index contributed by atoms with van der Waals surface area (Å²) in [5.41, 5.74) is 3.15. The van der Waals surface area contributed by atoms with Crippen LogP contribution in [0.1, 0.15) is 54.8 Å². The van der Waals surface area contributed by atoms with Gasteiger partial charge in [-0.1, -0.05) is 77.6 Å². The maximum absolute atomic E-state index is 12.1. The highest BCUT2D eigenvalue weighted by atomic mass is 35.6. The minimum atomic E-state index is -2.06. The molecule has 6 nitrogen and oxygen atoms in total. The summed E-state index contributed by atoms with van der Waals surface area (Å²) in [7, 11) is 0. The number of piperidine rings is 1. The molecule has 0 aliphatic carbocycles. The second kappa shape index (κ2) is 11.6. The minimum absolute atomic E-state index is 0.00182. The number of carbonyl (C=O) groups is 1. The van der Waals surface area contributed by atoms with E-state index in [0.717, 1.165) is 42.7 Å². The Kier molecular flexibility index (Phi) is 8.75. The highest BCUT2D eigenvalue weighted by Gasteiger charge is 2.34. The Morgan fingerprint density at radius 2 is 1.76 bits per heavy atom. The van der Waals surface area contributed by atoms with Gasteiger partial charge in [-0.2, -0.15) is 0 Å². The van der Waals surface area contributed by atoms with Crippen LogP contribution in [-0.2, 0) is 20.9 Å². The fraction of sp³-hybridized carbons (Fsp3) is 0.480. The lowest BCUT2D eigenvalue weighted by Gasteiger charge is -2.39. The molecule has 1 amide bonds. The van der Waals surface area contributed by atoms with Crippen molar-refractivity contribution in [2.24, 2.45) is 0 Å². The van der Waals surface area contributed by atoms with Gasteiger partial charge in [-0.25, -0.2) is 0 Å². The topological polar surface area (TPSA) is 71.0 Å². The number of carbonyl (C=O) groups excluding carboxylic acids is 1. The van der Waals surface area contributed by atoms with Crippen LogP contribution < -0.4 is 5.32 Å². The fourth-order valence-corrected chi connectivity index (χ4v) is 4.57. The van der Waals surface area contributed by atoms with Crippen molar-refractivity contribution < 1.29 is 19.4 Å². The van der Waals surface area contributed by atoms with Gasteiger partial charge >= 0.3 is 0 Å². The average Bonchev–Trinajstić information content (AvgIpc) is 2.84. The Morgan fingerprint density at radius 1 is 1.03 bits per heavy atom. The number of benzene rings is 2. The van der Waals surface area contributed by atoms with Crippen LogP contribution in [0.4, 0.5) is 5.69 Å². The molecule has 2 saturated heterocycles. The molecule has 0 saturated carbocycles. The van der Waals surface area contributed by atoms with Gasteiger partial charge in [0.15, 0.2) is 6.29 Å². The Labute approximate surface area is 215 Å². The first-order valence-corrected chi connectivity index (χ1v) is 12.7. The SMILES string of the molecule is O=C(Nc1cccc([C@H]2O[C@@H](CN3CCCCC3)C[C@@H](c3ccc(CO)cc3)O2)c1)C(Cl)(Cl)Cl. The van der Waals surface area contributed by atoms with Crippen LogP contribution in [-0.4, -0.2) is 45.4 Å². The molecule has 2 aromatic carbocycles. The van der Waals surface area contributed by atoms with Crippen molar-refractivity contribution in [3.63, 3.8) is 0 Å². The fourth-order valence-electron chi connectivity index (χ4n) is 4.43. The Hall–Kier alpha value is -1.38. The number of ether oxygens (including phenoxy) is 2. The van der Waals surface area contributed by atoms with E-state index < -0.39 is 16.0 Å². The van der Waals surface area contributed by atoms with Gasteiger partial charge in [0, 0.05) is 24.2 Å². The molecular formula is C25H29Cl3N2O4. The first-order chi connectivity index (χ1) is 16.3. The number of hydrogen-bond donors (Lipinski definition) is 2. The van der Waals surface area contributed by atoms with Crippen LogP contribution in [0.3, 0.4) is 0 Å². The van der Waals surface area contributed by atoms with Crippen molar-refractivity contribution in [2.45, 2.75) is 54.6 Å². The van der Waals surface area contributed by atoms with Gasteiger partial charge in [-0.05, 0) is 49.2 Å². The molecule has 2 N–H and O–H groups in total. The third-order valence-electron chi connectivity index (χ3n) is 6.20. The Morgan fingerprint density at radius 3 is 2.44 bits per heavy atom. The molecule has 0 aromatic heterocycles. The van der Waals surface area contributed by atoms with Gasteiger partial charge in [0.05, 0.1) is 18.8 Å². The number of rotatable bonds is 6.